The minimum atomic E-state index is -0.0321. The van der Waals surface area contributed by atoms with Crippen LogP contribution in [0.25, 0.3) is 0 Å². The Morgan fingerprint density at radius 3 is 2.72 bits per heavy atom. The second kappa shape index (κ2) is 6.83. The van der Waals surface area contributed by atoms with Gasteiger partial charge in [-0.3, -0.25) is 9.59 Å². The molecular weight excluding hydrogens is 320 g/mol. The molecule has 1 aromatic rings. The van der Waals surface area contributed by atoms with Crippen LogP contribution < -0.4 is 0 Å². The maximum Gasteiger partial charge on any atom is 0.290 e. The van der Waals surface area contributed by atoms with Crippen molar-refractivity contribution in [2.45, 2.75) is 51.1 Å². The van der Waals surface area contributed by atoms with Gasteiger partial charge in [-0.1, -0.05) is 0 Å². The lowest BCUT2D eigenvalue weighted by Crippen LogP contribution is -2.54. The molecule has 6 heteroatoms. The molecule has 6 nitrogen and oxygen atoms in total. The van der Waals surface area contributed by atoms with Crippen LogP contribution in [0.2, 0.25) is 0 Å². The summed E-state index contributed by atoms with van der Waals surface area (Å²) in [6.07, 6.45) is 5.78. The average molecular weight is 346 g/mol. The van der Waals surface area contributed by atoms with E-state index in [1.807, 2.05) is 17.9 Å². The van der Waals surface area contributed by atoms with E-state index in [-0.39, 0.29) is 23.9 Å². The molecule has 1 aromatic heterocycles. The number of furan rings is 1. The van der Waals surface area contributed by atoms with Gasteiger partial charge in [-0.25, -0.2) is 0 Å². The standard InChI is InChI=1S/C19H26N2O4/c1-13-5-11-25-18(13)19(23)20-8-4-16-15(20)2-3-17(22)21(16)12-14-6-9-24-10-7-14/h5,11,14-16H,2-4,6-10,12H2,1H3/t15-,16-/m1/s1. The number of rotatable bonds is 3. The second-order valence-corrected chi connectivity index (χ2v) is 7.50. The van der Waals surface area contributed by atoms with Gasteiger partial charge in [0, 0.05) is 38.3 Å². The van der Waals surface area contributed by atoms with Crippen LogP contribution >= 0.6 is 0 Å². The van der Waals surface area contributed by atoms with Crippen LogP contribution in [0.5, 0.6) is 0 Å². The van der Waals surface area contributed by atoms with Crippen molar-refractivity contribution in [1.29, 1.82) is 0 Å². The summed E-state index contributed by atoms with van der Waals surface area (Å²) in [5.41, 5.74) is 0.874. The van der Waals surface area contributed by atoms with Gasteiger partial charge >= 0.3 is 0 Å². The van der Waals surface area contributed by atoms with Crippen LogP contribution in [0.15, 0.2) is 16.7 Å². The summed E-state index contributed by atoms with van der Waals surface area (Å²) >= 11 is 0. The maximum atomic E-state index is 12.9. The number of carbonyl (C=O) groups is 2. The van der Waals surface area contributed by atoms with Crippen molar-refractivity contribution in [3.63, 3.8) is 0 Å². The van der Waals surface area contributed by atoms with Gasteiger partial charge in [0.25, 0.3) is 5.91 Å². The predicted octanol–water partition coefficient (Wildman–Crippen LogP) is 2.22. The molecule has 0 radical (unpaired) electrons. The average Bonchev–Trinajstić information content (AvgIpc) is 3.24. The molecular formula is C19H26N2O4. The fraction of sp³-hybridized carbons (Fsp3) is 0.684. The van der Waals surface area contributed by atoms with E-state index >= 15 is 0 Å². The molecule has 0 unspecified atom stereocenters. The van der Waals surface area contributed by atoms with Crippen molar-refractivity contribution in [1.82, 2.24) is 9.80 Å². The zero-order chi connectivity index (χ0) is 17.4. The Hall–Kier alpha value is -1.82. The molecule has 0 aromatic carbocycles. The molecule has 0 spiro atoms. The third-order valence-electron chi connectivity index (χ3n) is 6.00. The van der Waals surface area contributed by atoms with E-state index in [4.69, 9.17) is 9.15 Å². The molecule has 136 valence electrons. The molecule has 4 heterocycles. The van der Waals surface area contributed by atoms with Gasteiger partial charge in [-0.2, -0.15) is 0 Å². The molecule has 4 rings (SSSR count). The topological polar surface area (TPSA) is 63.0 Å². The first-order valence-electron chi connectivity index (χ1n) is 9.37. The third kappa shape index (κ3) is 3.08. The number of amides is 2. The molecule has 3 aliphatic rings. The largest absolute Gasteiger partial charge is 0.459 e. The van der Waals surface area contributed by atoms with E-state index < -0.39 is 0 Å². The summed E-state index contributed by atoms with van der Waals surface area (Å²) in [6, 6.07) is 2.10. The first-order valence-corrected chi connectivity index (χ1v) is 9.37. The SMILES string of the molecule is Cc1ccoc1C(=O)N1CC[C@@H]2[C@H]1CCC(=O)N2CC1CCOCC1. The number of aryl methyl sites for hydroxylation is 1. The quantitative estimate of drug-likeness (QED) is 0.842. The van der Waals surface area contributed by atoms with E-state index in [0.29, 0.717) is 24.6 Å². The number of ether oxygens (including phenoxy) is 1. The van der Waals surface area contributed by atoms with Gasteiger partial charge in [0.15, 0.2) is 5.76 Å². The molecule has 3 fully saturated rings. The molecule has 0 aliphatic carbocycles. The van der Waals surface area contributed by atoms with Gasteiger partial charge in [-0.05, 0) is 44.6 Å². The maximum absolute atomic E-state index is 12.9. The first kappa shape index (κ1) is 16.6. The van der Waals surface area contributed by atoms with Crippen molar-refractivity contribution < 1.29 is 18.7 Å². The highest BCUT2D eigenvalue weighted by molar-refractivity contribution is 5.93. The Morgan fingerprint density at radius 2 is 2.00 bits per heavy atom. The number of hydrogen-bond donors (Lipinski definition) is 0. The predicted molar refractivity (Wildman–Crippen MR) is 91.2 cm³/mol. The summed E-state index contributed by atoms with van der Waals surface area (Å²) in [5.74, 6) is 1.17. The summed E-state index contributed by atoms with van der Waals surface area (Å²) < 4.78 is 10.8. The van der Waals surface area contributed by atoms with E-state index in [1.54, 1.807) is 6.26 Å². The van der Waals surface area contributed by atoms with Gasteiger partial charge in [0.05, 0.1) is 18.3 Å². The molecule has 2 amide bonds. The zero-order valence-electron chi connectivity index (χ0n) is 14.8. The van der Waals surface area contributed by atoms with E-state index in [9.17, 15) is 9.59 Å². The number of carbonyl (C=O) groups excluding carboxylic acids is 2. The molecule has 3 saturated heterocycles. The summed E-state index contributed by atoms with van der Waals surface area (Å²) in [4.78, 5) is 29.4. The van der Waals surface area contributed by atoms with Crippen LogP contribution in [0.1, 0.15) is 48.2 Å². The van der Waals surface area contributed by atoms with Gasteiger partial charge < -0.3 is 19.0 Å². The van der Waals surface area contributed by atoms with Gasteiger partial charge in [-0.15, -0.1) is 0 Å². The summed E-state index contributed by atoms with van der Waals surface area (Å²) in [6.45, 7) is 5.00. The third-order valence-corrected chi connectivity index (χ3v) is 6.00. The van der Waals surface area contributed by atoms with E-state index in [2.05, 4.69) is 4.90 Å². The van der Waals surface area contributed by atoms with Crippen molar-refractivity contribution in [3.8, 4) is 0 Å². The fourth-order valence-electron chi connectivity index (χ4n) is 4.57. The van der Waals surface area contributed by atoms with E-state index in [1.165, 1.54) is 0 Å². The molecule has 2 atom stereocenters. The minimum absolute atomic E-state index is 0.0321. The van der Waals surface area contributed by atoms with Crippen molar-refractivity contribution in [2.24, 2.45) is 5.92 Å². The van der Waals surface area contributed by atoms with Crippen LogP contribution in [-0.2, 0) is 9.53 Å². The van der Waals surface area contributed by atoms with Crippen molar-refractivity contribution in [2.75, 3.05) is 26.3 Å². The Morgan fingerprint density at radius 1 is 1.20 bits per heavy atom. The molecule has 25 heavy (non-hydrogen) atoms. The van der Waals surface area contributed by atoms with Crippen molar-refractivity contribution >= 4 is 11.8 Å². The summed E-state index contributed by atoms with van der Waals surface area (Å²) in [5, 5.41) is 0. The minimum Gasteiger partial charge on any atom is -0.459 e. The van der Waals surface area contributed by atoms with Crippen LogP contribution in [0.4, 0.5) is 0 Å². The van der Waals surface area contributed by atoms with E-state index in [0.717, 1.165) is 51.0 Å². The smallest absolute Gasteiger partial charge is 0.290 e. The highest BCUT2D eigenvalue weighted by Gasteiger charge is 2.46. The lowest BCUT2D eigenvalue weighted by molar-refractivity contribution is -0.138. The fourth-order valence-corrected chi connectivity index (χ4v) is 4.57. The number of piperidine rings is 1. The monoisotopic (exact) mass is 346 g/mol. The Labute approximate surface area is 148 Å². The Bertz CT molecular complexity index is 650. The molecule has 0 bridgehead atoms. The normalized spacial score (nSPS) is 27.6. The van der Waals surface area contributed by atoms with Crippen LogP contribution in [0, 0.1) is 12.8 Å². The molecule has 3 aliphatic heterocycles. The highest BCUT2D eigenvalue weighted by Crippen LogP contribution is 2.34. The molecule has 0 saturated carbocycles. The number of hydrogen-bond acceptors (Lipinski definition) is 4. The highest BCUT2D eigenvalue weighted by atomic mass is 16.5. The lowest BCUT2D eigenvalue weighted by Gasteiger charge is -2.41. The number of likely N-dealkylation sites (tertiary alicyclic amines) is 2. The Kier molecular flexibility index (Phi) is 4.54. The first-order chi connectivity index (χ1) is 12.1. The zero-order valence-corrected chi connectivity index (χ0v) is 14.8. The second-order valence-electron chi connectivity index (χ2n) is 7.50. The van der Waals surface area contributed by atoms with Gasteiger partial charge in [0.2, 0.25) is 5.91 Å². The molecule has 0 N–H and O–H groups in total. The van der Waals surface area contributed by atoms with Gasteiger partial charge in [0.1, 0.15) is 0 Å². The van der Waals surface area contributed by atoms with Crippen LogP contribution in [0.3, 0.4) is 0 Å². The lowest BCUT2D eigenvalue weighted by atomic mass is 9.92. The van der Waals surface area contributed by atoms with Crippen molar-refractivity contribution in [3.05, 3.63) is 23.7 Å². The summed E-state index contributed by atoms with van der Waals surface area (Å²) in [7, 11) is 0. The van der Waals surface area contributed by atoms with Crippen LogP contribution in [-0.4, -0.2) is 60.0 Å². The Balaban J connectivity index is 1.48. The number of nitrogens with zero attached hydrogens (tertiary/aromatic N) is 2. The number of fused-ring (bicyclic) bond motifs is 1.